The maximum atomic E-state index is 10.1. The van der Waals surface area contributed by atoms with E-state index in [1.165, 1.54) is 0 Å². The number of anilines is 1. The maximum Gasteiger partial charge on any atom is 0.126 e. The monoisotopic (exact) mass is 278 g/mol. The molecule has 0 aromatic heterocycles. The maximum absolute atomic E-state index is 10.1. The Morgan fingerprint density at radius 3 is 2.55 bits per heavy atom. The van der Waals surface area contributed by atoms with Gasteiger partial charge in [0.15, 0.2) is 0 Å². The molecule has 20 heavy (non-hydrogen) atoms. The highest BCUT2D eigenvalue weighted by atomic mass is 16.5. The Hall–Kier alpha value is -1.26. The van der Waals surface area contributed by atoms with E-state index in [4.69, 9.17) is 4.74 Å². The molecule has 0 aliphatic carbocycles. The van der Waals surface area contributed by atoms with Crippen molar-refractivity contribution < 1.29 is 9.84 Å². The summed E-state index contributed by atoms with van der Waals surface area (Å²) in [5.41, 5.74) is 2.09. The molecule has 1 fully saturated rings. The van der Waals surface area contributed by atoms with E-state index in [0.717, 1.165) is 36.6 Å². The first-order valence-corrected chi connectivity index (χ1v) is 7.18. The minimum atomic E-state index is -0.538. The van der Waals surface area contributed by atoms with E-state index in [0.29, 0.717) is 0 Å². The molecule has 112 valence electrons. The molecule has 1 N–H and O–H groups in total. The van der Waals surface area contributed by atoms with E-state index >= 15 is 0 Å². The SMILES string of the molecule is COc1cccc(N2CCN(C)C(C)(C)C2)c1[C@@H](C)O. The van der Waals surface area contributed by atoms with E-state index < -0.39 is 6.10 Å². The van der Waals surface area contributed by atoms with Crippen LogP contribution in [0.2, 0.25) is 0 Å². The second-order valence-electron chi connectivity index (χ2n) is 6.22. The summed E-state index contributed by atoms with van der Waals surface area (Å²) in [7, 11) is 3.82. The molecule has 1 aliphatic rings. The standard InChI is InChI=1S/C16H26N2O2/c1-12(19)15-13(7-6-8-14(15)20-5)18-10-9-17(4)16(2,3)11-18/h6-8,12,19H,9-11H2,1-5H3/t12-/m1/s1. The Balaban J connectivity index is 2.38. The molecule has 4 nitrogen and oxygen atoms in total. The van der Waals surface area contributed by atoms with Crippen molar-refractivity contribution in [1.29, 1.82) is 0 Å². The van der Waals surface area contributed by atoms with Gasteiger partial charge in [-0.2, -0.15) is 0 Å². The summed E-state index contributed by atoms with van der Waals surface area (Å²) < 4.78 is 5.41. The lowest BCUT2D eigenvalue weighted by Gasteiger charge is -2.46. The number of rotatable bonds is 3. The van der Waals surface area contributed by atoms with Gasteiger partial charge in [0.05, 0.1) is 13.2 Å². The van der Waals surface area contributed by atoms with Crippen LogP contribution in [0.4, 0.5) is 5.69 Å². The molecule has 1 saturated heterocycles. The number of methoxy groups -OCH3 is 1. The Morgan fingerprint density at radius 2 is 2.00 bits per heavy atom. The molecule has 0 bridgehead atoms. The van der Waals surface area contributed by atoms with E-state index in [1.54, 1.807) is 14.0 Å². The van der Waals surface area contributed by atoms with Crippen molar-refractivity contribution in [3.8, 4) is 5.75 Å². The van der Waals surface area contributed by atoms with Gasteiger partial charge in [0.25, 0.3) is 0 Å². The van der Waals surface area contributed by atoms with Gasteiger partial charge in [-0.3, -0.25) is 4.90 Å². The third-order valence-electron chi connectivity index (χ3n) is 4.34. The van der Waals surface area contributed by atoms with E-state index in [-0.39, 0.29) is 5.54 Å². The summed E-state index contributed by atoms with van der Waals surface area (Å²) in [5, 5.41) is 10.1. The van der Waals surface area contributed by atoms with Crippen LogP contribution in [0, 0.1) is 0 Å². The first-order valence-electron chi connectivity index (χ1n) is 7.18. The van der Waals surface area contributed by atoms with Crippen LogP contribution in [0.5, 0.6) is 5.75 Å². The minimum absolute atomic E-state index is 0.122. The Labute approximate surface area is 122 Å². The first-order chi connectivity index (χ1) is 9.36. The lowest BCUT2D eigenvalue weighted by atomic mass is 9.97. The molecule has 0 radical (unpaired) electrons. The predicted molar refractivity (Wildman–Crippen MR) is 82.5 cm³/mol. The molecule has 0 spiro atoms. The van der Waals surface area contributed by atoms with Crippen molar-refractivity contribution in [2.45, 2.75) is 32.4 Å². The van der Waals surface area contributed by atoms with Gasteiger partial charge in [0.1, 0.15) is 5.75 Å². The van der Waals surface area contributed by atoms with Gasteiger partial charge >= 0.3 is 0 Å². The number of benzene rings is 1. The molecule has 4 heteroatoms. The zero-order valence-electron chi connectivity index (χ0n) is 13.2. The van der Waals surface area contributed by atoms with Gasteiger partial charge in [0, 0.05) is 36.4 Å². The van der Waals surface area contributed by atoms with Crippen LogP contribution in [0.3, 0.4) is 0 Å². The lowest BCUT2D eigenvalue weighted by Crippen LogP contribution is -2.57. The molecular formula is C16H26N2O2. The van der Waals surface area contributed by atoms with Crippen molar-refractivity contribution in [3.05, 3.63) is 23.8 Å². The van der Waals surface area contributed by atoms with Crippen LogP contribution in [0.25, 0.3) is 0 Å². The zero-order valence-corrected chi connectivity index (χ0v) is 13.2. The summed E-state index contributed by atoms with van der Waals surface area (Å²) in [6.45, 7) is 9.22. The van der Waals surface area contributed by atoms with Gasteiger partial charge in [-0.1, -0.05) is 6.07 Å². The molecule has 1 aromatic rings. The highest BCUT2D eigenvalue weighted by Crippen LogP contribution is 2.36. The van der Waals surface area contributed by atoms with Crippen molar-refractivity contribution in [1.82, 2.24) is 4.90 Å². The van der Waals surface area contributed by atoms with E-state index in [2.05, 4.69) is 36.8 Å². The molecule has 1 atom stereocenters. The molecule has 1 aliphatic heterocycles. The number of aliphatic hydroxyl groups excluding tert-OH is 1. The topological polar surface area (TPSA) is 35.9 Å². The van der Waals surface area contributed by atoms with Crippen LogP contribution < -0.4 is 9.64 Å². The number of nitrogens with zero attached hydrogens (tertiary/aromatic N) is 2. The normalized spacial score (nSPS) is 20.8. The number of aliphatic hydroxyl groups is 1. The summed E-state index contributed by atoms with van der Waals surface area (Å²) in [4.78, 5) is 4.73. The van der Waals surface area contributed by atoms with Gasteiger partial charge in [-0.15, -0.1) is 0 Å². The van der Waals surface area contributed by atoms with Crippen molar-refractivity contribution in [2.75, 3.05) is 38.7 Å². The van der Waals surface area contributed by atoms with E-state index in [9.17, 15) is 5.11 Å². The highest BCUT2D eigenvalue weighted by Gasteiger charge is 2.32. The summed E-state index contributed by atoms with van der Waals surface area (Å²) in [5.74, 6) is 0.759. The van der Waals surface area contributed by atoms with Gasteiger partial charge in [-0.05, 0) is 40.0 Å². The molecular weight excluding hydrogens is 252 g/mol. The second-order valence-corrected chi connectivity index (χ2v) is 6.22. The first kappa shape index (κ1) is 15.1. The van der Waals surface area contributed by atoms with Crippen LogP contribution >= 0.6 is 0 Å². The van der Waals surface area contributed by atoms with Crippen LogP contribution in [-0.4, -0.2) is 49.3 Å². The Morgan fingerprint density at radius 1 is 1.30 bits per heavy atom. The van der Waals surface area contributed by atoms with Crippen LogP contribution in [0.1, 0.15) is 32.4 Å². The molecule has 0 saturated carbocycles. The predicted octanol–water partition coefficient (Wildman–Crippen LogP) is 2.28. The van der Waals surface area contributed by atoms with Gasteiger partial charge in [-0.25, -0.2) is 0 Å². The Bertz CT molecular complexity index is 472. The summed E-state index contributed by atoms with van der Waals surface area (Å²) in [6.07, 6.45) is -0.538. The smallest absolute Gasteiger partial charge is 0.126 e. The number of hydrogen-bond donors (Lipinski definition) is 1. The minimum Gasteiger partial charge on any atom is -0.496 e. The third-order valence-corrected chi connectivity index (χ3v) is 4.34. The lowest BCUT2D eigenvalue weighted by molar-refractivity contribution is 0.138. The average Bonchev–Trinajstić information content (AvgIpc) is 2.40. The van der Waals surface area contributed by atoms with Gasteiger partial charge in [0.2, 0.25) is 0 Å². The quantitative estimate of drug-likeness (QED) is 0.920. The third kappa shape index (κ3) is 2.76. The average molecular weight is 278 g/mol. The molecule has 2 rings (SSSR count). The van der Waals surface area contributed by atoms with Crippen molar-refractivity contribution in [3.63, 3.8) is 0 Å². The Kier molecular flexibility index (Phi) is 4.25. The van der Waals surface area contributed by atoms with Crippen LogP contribution in [-0.2, 0) is 0 Å². The van der Waals surface area contributed by atoms with Crippen molar-refractivity contribution >= 4 is 5.69 Å². The fourth-order valence-electron chi connectivity index (χ4n) is 2.85. The molecule has 1 heterocycles. The van der Waals surface area contributed by atoms with E-state index in [1.807, 2.05) is 12.1 Å². The largest absolute Gasteiger partial charge is 0.496 e. The molecule has 0 unspecified atom stereocenters. The van der Waals surface area contributed by atoms with Crippen molar-refractivity contribution in [2.24, 2.45) is 0 Å². The fourth-order valence-corrected chi connectivity index (χ4v) is 2.85. The second kappa shape index (κ2) is 5.62. The van der Waals surface area contributed by atoms with Gasteiger partial charge < -0.3 is 14.7 Å². The molecule has 1 aromatic carbocycles. The number of likely N-dealkylation sites (N-methyl/N-ethyl adjacent to an activating group) is 1. The summed E-state index contributed by atoms with van der Waals surface area (Å²) in [6, 6.07) is 5.98. The highest BCUT2D eigenvalue weighted by molar-refractivity contribution is 5.61. The number of piperazine rings is 1. The summed E-state index contributed by atoms with van der Waals surface area (Å²) >= 11 is 0. The fraction of sp³-hybridized carbons (Fsp3) is 0.625. The van der Waals surface area contributed by atoms with Crippen LogP contribution in [0.15, 0.2) is 18.2 Å². The number of ether oxygens (including phenoxy) is 1. The zero-order chi connectivity index (χ0) is 14.9. The molecule has 0 amide bonds. The number of hydrogen-bond acceptors (Lipinski definition) is 4.